The van der Waals surface area contributed by atoms with Crippen molar-refractivity contribution in [3.05, 3.63) is 125 Å². The number of hydrogen-bond donors (Lipinski definition) is 0. The van der Waals surface area contributed by atoms with Gasteiger partial charge in [0.15, 0.2) is 0 Å². The largest absolute Gasteiger partial charge is 2.00 e. The molecule has 0 saturated carbocycles. The number of hydrogen-bond acceptors (Lipinski definition) is 1. The molecular weight excluding hydrogens is 413 g/mol. The summed E-state index contributed by atoms with van der Waals surface area (Å²) in [6.45, 7) is 2.25. The molecular formula is C26H22FeNP. The molecule has 2 atom stereocenters. The number of likely N-dealkylation sites (N-methyl/N-ethyl adjacent to an activating group) is 1. The first-order chi connectivity index (χ1) is 13.7. The maximum atomic E-state index is 3.48. The standard InChI is InChI=1S/C21H22NP.C5.Fe/c1-17(22(2)3)20-15-10-16-21(20)23(18-11-6-4-7-12-18)19-13-8-5-9-14-19;1-2-4-5-3-1;/h4-14,16-17H,1-3H3;;/q2*-1;+2/t17-;;/m0../s1. The van der Waals surface area contributed by atoms with Crippen LogP contribution in [-0.4, -0.2) is 25.0 Å². The quantitative estimate of drug-likeness (QED) is 0.266. The summed E-state index contributed by atoms with van der Waals surface area (Å²) in [5.41, 5.74) is 12.3. The van der Waals surface area contributed by atoms with Crippen LogP contribution >= 0.6 is 7.92 Å². The van der Waals surface area contributed by atoms with Gasteiger partial charge >= 0.3 is 17.1 Å². The van der Waals surface area contributed by atoms with Gasteiger partial charge in [-0.25, -0.2) is 5.73 Å². The molecule has 29 heavy (non-hydrogen) atoms. The Morgan fingerprint density at radius 1 is 1.10 bits per heavy atom. The molecule has 3 aliphatic carbocycles. The van der Waals surface area contributed by atoms with Gasteiger partial charge in [-0.2, -0.15) is 24.6 Å². The van der Waals surface area contributed by atoms with Crippen LogP contribution < -0.4 is 5.30 Å². The zero-order chi connectivity index (χ0) is 19.8. The third-order valence-corrected chi connectivity index (χ3v) is 7.03. The average molecular weight is 435 g/mol. The van der Waals surface area contributed by atoms with Crippen molar-refractivity contribution in [3.8, 4) is 0 Å². The van der Waals surface area contributed by atoms with Gasteiger partial charge in [0.05, 0.1) is 0 Å². The van der Waals surface area contributed by atoms with E-state index in [2.05, 4.69) is 135 Å². The van der Waals surface area contributed by atoms with Crippen LogP contribution in [0.4, 0.5) is 0 Å². The van der Waals surface area contributed by atoms with E-state index >= 15 is 0 Å². The third kappa shape index (κ3) is 6.15. The summed E-state index contributed by atoms with van der Waals surface area (Å²) >= 11 is 0. The van der Waals surface area contributed by atoms with Crippen LogP contribution in [0.1, 0.15) is 6.92 Å². The minimum Gasteiger partial charge on any atom is -0.302 e. The molecule has 1 aromatic carbocycles. The smallest absolute Gasteiger partial charge is 0.302 e. The van der Waals surface area contributed by atoms with E-state index in [0.717, 1.165) is 0 Å². The van der Waals surface area contributed by atoms with Crippen molar-refractivity contribution >= 4 is 13.2 Å². The van der Waals surface area contributed by atoms with E-state index in [-0.39, 0.29) is 17.1 Å². The Hall–Kier alpha value is -2.18. The summed E-state index contributed by atoms with van der Waals surface area (Å²) in [4.78, 5) is 2.25. The number of allylic oxidation sites excluding steroid dienone is 7. The maximum absolute atomic E-state index is 3.48. The summed E-state index contributed by atoms with van der Waals surface area (Å²) < 4.78 is 0. The summed E-state index contributed by atoms with van der Waals surface area (Å²) in [6, 6.07) is 11.2. The Bertz CT molecular complexity index is 984. The fourth-order valence-corrected chi connectivity index (χ4v) is 5.41. The van der Waals surface area contributed by atoms with Crippen LogP contribution in [0.15, 0.2) is 99.8 Å². The van der Waals surface area contributed by atoms with Gasteiger partial charge < -0.3 is 4.90 Å². The van der Waals surface area contributed by atoms with Crippen molar-refractivity contribution in [2.75, 3.05) is 14.1 Å². The van der Waals surface area contributed by atoms with Gasteiger partial charge in [-0.1, -0.05) is 30.3 Å². The second kappa shape index (κ2) is 11.7. The first-order valence-electron chi connectivity index (χ1n) is 9.17. The zero-order valence-electron chi connectivity index (χ0n) is 16.8. The van der Waals surface area contributed by atoms with Crippen LogP contribution in [0.5, 0.6) is 0 Å². The van der Waals surface area contributed by atoms with Crippen molar-refractivity contribution in [3.63, 3.8) is 0 Å². The van der Waals surface area contributed by atoms with E-state index in [4.69, 9.17) is 0 Å². The van der Waals surface area contributed by atoms with Crippen LogP contribution in [0.25, 0.3) is 0 Å². The van der Waals surface area contributed by atoms with Crippen LogP contribution in [0, 0.1) is 25.0 Å². The second-order valence-corrected chi connectivity index (χ2v) is 8.73. The normalized spacial score (nSPS) is 17.0. The summed E-state index contributed by atoms with van der Waals surface area (Å²) in [6.07, 6.45) is 20.2. The maximum Gasteiger partial charge on any atom is 2.00 e. The Labute approximate surface area is 186 Å². The summed E-state index contributed by atoms with van der Waals surface area (Å²) in [7, 11) is 3.71. The molecule has 0 aromatic heterocycles. The fourth-order valence-electron chi connectivity index (χ4n) is 2.90. The molecule has 0 heterocycles. The molecule has 4 rings (SSSR count). The molecule has 0 fully saturated rings. The minimum absolute atomic E-state index is 0. The van der Waals surface area contributed by atoms with Crippen LogP contribution in [-0.2, 0) is 17.1 Å². The SMILES string of the molecule is C[C@@H](C1=C=CC=C1P(C1=C[CH]C=C[CH-]1)c1ccccc1)N(C)C.[C]1=C=C=C=[C-]1.[Fe+2]. The zero-order valence-corrected chi connectivity index (χ0v) is 18.8. The molecule has 0 amide bonds. The van der Waals surface area contributed by atoms with Crippen molar-refractivity contribution in [1.82, 2.24) is 4.90 Å². The van der Waals surface area contributed by atoms with Crippen molar-refractivity contribution in [2.24, 2.45) is 0 Å². The molecule has 1 aromatic rings. The van der Waals surface area contributed by atoms with Crippen molar-refractivity contribution in [2.45, 2.75) is 13.0 Å². The minimum atomic E-state index is -0.545. The molecule has 0 aliphatic heterocycles. The molecule has 0 saturated heterocycles. The topological polar surface area (TPSA) is 3.24 Å². The van der Waals surface area contributed by atoms with Gasteiger partial charge in [-0.3, -0.25) is 11.5 Å². The van der Waals surface area contributed by atoms with Crippen molar-refractivity contribution in [1.29, 1.82) is 0 Å². The number of benzene rings is 1. The van der Waals surface area contributed by atoms with E-state index in [1.165, 1.54) is 21.5 Å². The molecule has 0 N–H and O–H groups in total. The molecule has 0 bridgehead atoms. The van der Waals surface area contributed by atoms with Gasteiger partial charge in [0.2, 0.25) is 0 Å². The Morgan fingerprint density at radius 2 is 1.90 bits per heavy atom. The molecule has 2 radical (unpaired) electrons. The summed E-state index contributed by atoms with van der Waals surface area (Å²) in [5.74, 6) is 0. The second-order valence-electron chi connectivity index (χ2n) is 6.55. The molecule has 3 heteroatoms. The Kier molecular flexibility index (Phi) is 9.35. The van der Waals surface area contributed by atoms with Crippen LogP contribution in [0.3, 0.4) is 0 Å². The van der Waals surface area contributed by atoms with E-state index in [0.29, 0.717) is 6.04 Å². The predicted molar refractivity (Wildman–Crippen MR) is 119 cm³/mol. The predicted octanol–water partition coefficient (Wildman–Crippen LogP) is 5.21. The fraction of sp³-hybridized carbons (Fsp3) is 0.154. The first kappa shape index (κ1) is 23.1. The van der Waals surface area contributed by atoms with E-state index in [1.54, 1.807) is 0 Å². The van der Waals surface area contributed by atoms with Gasteiger partial charge in [0.25, 0.3) is 0 Å². The molecule has 3 aliphatic rings. The molecule has 0 spiro atoms. The molecule has 144 valence electrons. The van der Waals surface area contributed by atoms with E-state index in [1.807, 2.05) is 0 Å². The number of rotatable bonds is 5. The van der Waals surface area contributed by atoms with Gasteiger partial charge in [-0.05, 0) is 51.7 Å². The Morgan fingerprint density at radius 3 is 2.45 bits per heavy atom. The number of nitrogens with zero attached hydrogens (tertiary/aromatic N) is 1. The summed E-state index contributed by atoms with van der Waals surface area (Å²) in [5, 5.41) is 4.19. The third-order valence-electron chi connectivity index (χ3n) is 4.53. The molecule has 1 unspecified atom stereocenters. The first-order valence-corrected chi connectivity index (χ1v) is 10.5. The average Bonchev–Trinajstić information content (AvgIpc) is 3.45. The van der Waals surface area contributed by atoms with Crippen LogP contribution in [0.2, 0.25) is 0 Å². The monoisotopic (exact) mass is 435 g/mol. The van der Waals surface area contributed by atoms with E-state index < -0.39 is 7.92 Å². The van der Waals surface area contributed by atoms with Gasteiger partial charge in [0.1, 0.15) is 0 Å². The van der Waals surface area contributed by atoms with E-state index in [9.17, 15) is 0 Å². The van der Waals surface area contributed by atoms with Crippen molar-refractivity contribution < 1.29 is 17.1 Å². The van der Waals surface area contributed by atoms with Gasteiger partial charge in [-0.15, -0.1) is 29.6 Å². The van der Waals surface area contributed by atoms with Gasteiger partial charge in [0, 0.05) is 11.6 Å². The molecule has 1 nitrogen and oxygen atoms in total. The Balaban J connectivity index is 0.000000437.